The summed E-state index contributed by atoms with van der Waals surface area (Å²) in [4.78, 5) is 16.4. The van der Waals surface area contributed by atoms with Crippen LogP contribution in [-0.2, 0) is 0 Å². The second kappa shape index (κ2) is 6.45. The summed E-state index contributed by atoms with van der Waals surface area (Å²) in [5, 5.41) is 19.5. The van der Waals surface area contributed by atoms with Crippen molar-refractivity contribution in [1.29, 1.82) is 0 Å². The second-order valence-electron chi connectivity index (χ2n) is 4.75. The summed E-state index contributed by atoms with van der Waals surface area (Å²) in [6, 6.07) is 12.0. The number of hydrogen-bond donors (Lipinski definition) is 3. The molecule has 0 aliphatic rings. The first-order valence-corrected chi connectivity index (χ1v) is 7.90. The van der Waals surface area contributed by atoms with Gasteiger partial charge in [-0.2, -0.15) is 0 Å². The number of pyridine rings is 1. The summed E-state index contributed by atoms with van der Waals surface area (Å²) < 4.78 is 0. The Morgan fingerprint density at radius 3 is 2.78 bits per heavy atom. The van der Waals surface area contributed by atoms with Gasteiger partial charge in [0.25, 0.3) is 0 Å². The number of aromatic carboxylic acids is 1. The number of aromatic nitrogens is 1. The van der Waals surface area contributed by atoms with Gasteiger partial charge < -0.3 is 10.4 Å². The molecule has 116 valence electrons. The Morgan fingerprint density at radius 2 is 2.04 bits per heavy atom. The van der Waals surface area contributed by atoms with Crippen molar-refractivity contribution in [1.82, 2.24) is 4.98 Å². The number of benzene rings is 2. The molecule has 7 heteroatoms. The highest BCUT2D eigenvalue weighted by Gasteiger charge is 2.14. The van der Waals surface area contributed by atoms with Gasteiger partial charge in [0.2, 0.25) is 0 Å². The summed E-state index contributed by atoms with van der Waals surface area (Å²) in [5.74, 6) is -1.01. The van der Waals surface area contributed by atoms with Gasteiger partial charge >= 0.3 is 5.97 Å². The molecule has 0 radical (unpaired) electrons. The van der Waals surface area contributed by atoms with Gasteiger partial charge in [0.1, 0.15) is 0 Å². The van der Waals surface area contributed by atoms with E-state index in [1.54, 1.807) is 42.6 Å². The number of fused-ring (bicyclic) bond motifs is 1. The highest BCUT2D eigenvalue weighted by Crippen LogP contribution is 2.35. The van der Waals surface area contributed by atoms with Crippen molar-refractivity contribution in [2.45, 2.75) is 4.90 Å². The van der Waals surface area contributed by atoms with Crippen molar-refractivity contribution < 1.29 is 9.90 Å². The molecule has 1 heterocycles. The monoisotopic (exact) mass is 345 g/mol. The average Bonchev–Trinajstić information content (AvgIpc) is 2.55. The van der Waals surface area contributed by atoms with Crippen LogP contribution in [0.3, 0.4) is 0 Å². The molecule has 2 aromatic carbocycles. The van der Waals surface area contributed by atoms with Gasteiger partial charge in [0.05, 0.1) is 27.4 Å². The van der Waals surface area contributed by atoms with Crippen molar-refractivity contribution in [3.63, 3.8) is 0 Å². The Bertz CT molecular complexity index is 902. The molecule has 0 atom stereocenters. The third-order valence-electron chi connectivity index (χ3n) is 3.34. The Balaban J connectivity index is 2.19. The van der Waals surface area contributed by atoms with Gasteiger partial charge in [-0.05, 0) is 42.3 Å². The molecule has 3 aromatic rings. The molecule has 0 saturated heterocycles. The van der Waals surface area contributed by atoms with Crippen LogP contribution < -0.4 is 10.5 Å². The second-order valence-corrected chi connectivity index (χ2v) is 5.86. The fraction of sp³-hybridized carbons (Fsp3) is 0. The van der Waals surface area contributed by atoms with E-state index in [0.717, 1.165) is 22.9 Å². The maximum Gasteiger partial charge on any atom is 0.337 e. The van der Waals surface area contributed by atoms with Gasteiger partial charge in [-0.3, -0.25) is 10.1 Å². The Morgan fingerprint density at radius 1 is 1.26 bits per heavy atom. The van der Waals surface area contributed by atoms with E-state index < -0.39 is 5.97 Å². The summed E-state index contributed by atoms with van der Waals surface area (Å²) in [7, 11) is 0. The minimum atomic E-state index is -1.01. The highest BCUT2D eigenvalue weighted by molar-refractivity contribution is 7.97. The molecule has 23 heavy (non-hydrogen) atoms. The third kappa shape index (κ3) is 3.10. The fourth-order valence-corrected chi connectivity index (χ4v) is 2.84. The van der Waals surface area contributed by atoms with Gasteiger partial charge in [-0.1, -0.05) is 23.7 Å². The number of hydrogen-bond acceptors (Lipinski definition) is 5. The highest BCUT2D eigenvalue weighted by atomic mass is 35.5. The Hall–Kier alpha value is -2.28. The summed E-state index contributed by atoms with van der Waals surface area (Å²) in [5.41, 5.74) is 2.07. The molecule has 0 spiro atoms. The van der Waals surface area contributed by atoms with E-state index in [0.29, 0.717) is 21.3 Å². The number of nitrogens with two attached hydrogens (primary N) is 1. The van der Waals surface area contributed by atoms with Crippen LogP contribution in [0.25, 0.3) is 10.9 Å². The zero-order valence-corrected chi connectivity index (χ0v) is 13.4. The van der Waals surface area contributed by atoms with Gasteiger partial charge in [-0.15, -0.1) is 0 Å². The molecule has 0 bridgehead atoms. The van der Waals surface area contributed by atoms with Crippen molar-refractivity contribution in [2.75, 3.05) is 5.32 Å². The summed E-state index contributed by atoms with van der Waals surface area (Å²) >= 11 is 7.12. The molecule has 5 nitrogen and oxygen atoms in total. The van der Waals surface area contributed by atoms with Crippen LogP contribution in [0.4, 0.5) is 11.4 Å². The molecule has 0 aliphatic carbocycles. The number of halogens is 1. The normalized spacial score (nSPS) is 10.7. The maximum atomic E-state index is 11.4. The zero-order chi connectivity index (χ0) is 16.4. The lowest BCUT2D eigenvalue weighted by molar-refractivity contribution is 0.0698. The van der Waals surface area contributed by atoms with E-state index in [2.05, 4.69) is 10.3 Å². The molecule has 0 saturated carbocycles. The molecular formula is C16H12ClN3O2S. The molecule has 0 fully saturated rings. The first-order valence-electron chi connectivity index (χ1n) is 6.64. The minimum absolute atomic E-state index is 0.174. The first-order chi connectivity index (χ1) is 11.1. The molecule has 3 rings (SSSR count). The van der Waals surface area contributed by atoms with E-state index in [-0.39, 0.29) is 5.56 Å². The average molecular weight is 346 g/mol. The van der Waals surface area contributed by atoms with Crippen LogP contribution in [0.1, 0.15) is 10.4 Å². The van der Waals surface area contributed by atoms with Crippen LogP contribution in [0, 0.1) is 0 Å². The van der Waals surface area contributed by atoms with Crippen LogP contribution in [-0.4, -0.2) is 16.1 Å². The smallest absolute Gasteiger partial charge is 0.337 e. The standard InChI is InChI=1S/C16H12ClN3O2S/c17-9-5-6-12-11(7-9)15(14(23-18)8-19-12)20-13-4-2-1-3-10(13)16(21)22/h1-8H,18H2,(H,19,20)(H,21,22). The number of nitrogens with one attached hydrogen (secondary N) is 1. The molecule has 4 N–H and O–H groups in total. The number of carboxylic acids is 1. The van der Waals surface area contributed by atoms with Crippen LogP contribution >= 0.6 is 23.5 Å². The van der Waals surface area contributed by atoms with Gasteiger partial charge in [-0.25, -0.2) is 4.79 Å². The number of para-hydroxylation sites is 1. The van der Waals surface area contributed by atoms with E-state index in [9.17, 15) is 9.90 Å². The lowest BCUT2D eigenvalue weighted by Gasteiger charge is -2.15. The SMILES string of the molecule is NSc1cnc2ccc(Cl)cc2c1Nc1ccccc1C(=O)O. The van der Waals surface area contributed by atoms with Crippen molar-refractivity contribution in [2.24, 2.45) is 5.14 Å². The topological polar surface area (TPSA) is 88.2 Å². The van der Waals surface area contributed by atoms with Crippen molar-refractivity contribution in [3.05, 3.63) is 59.2 Å². The predicted molar refractivity (Wildman–Crippen MR) is 93.5 cm³/mol. The number of rotatable bonds is 4. The van der Waals surface area contributed by atoms with E-state index in [1.807, 2.05) is 0 Å². The largest absolute Gasteiger partial charge is 0.478 e. The molecule has 0 unspecified atom stereocenters. The van der Waals surface area contributed by atoms with Crippen molar-refractivity contribution >= 4 is 51.8 Å². The molecular weight excluding hydrogens is 334 g/mol. The predicted octanol–water partition coefficient (Wildman–Crippen LogP) is 4.30. The summed E-state index contributed by atoms with van der Waals surface area (Å²) in [6.45, 7) is 0. The third-order valence-corrected chi connectivity index (χ3v) is 4.14. The van der Waals surface area contributed by atoms with E-state index >= 15 is 0 Å². The van der Waals surface area contributed by atoms with Crippen molar-refractivity contribution in [3.8, 4) is 0 Å². The number of carbonyl (C=O) groups is 1. The van der Waals surface area contributed by atoms with Crippen LogP contribution in [0.15, 0.2) is 53.6 Å². The van der Waals surface area contributed by atoms with E-state index in [4.69, 9.17) is 16.7 Å². The van der Waals surface area contributed by atoms with Gasteiger partial charge in [0, 0.05) is 16.6 Å². The van der Waals surface area contributed by atoms with Gasteiger partial charge in [0.15, 0.2) is 0 Å². The Labute approximate surface area is 141 Å². The van der Waals surface area contributed by atoms with Crippen LogP contribution in [0.2, 0.25) is 5.02 Å². The van der Waals surface area contributed by atoms with E-state index in [1.165, 1.54) is 6.07 Å². The lowest BCUT2D eigenvalue weighted by Crippen LogP contribution is -2.04. The minimum Gasteiger partial charge on any atom is -0.478 e. The van der Waals surface area contributed by atoms with Crippen LogP contribution in [0.5, 0.6) is 0 Å². The summed E-state index contributed by atoms with van der Waals surface area (Å²) in [6.07, 6.45) is 1.65. The number of carboxylic acid groups (broad SMARTS) is 1. The Kier molecular flexibility index (Phi) is 4.38. The number of anilines is 2. The quantitative estimate of drug-likeness (QED) is 0.611. The molecule has 0 amide bonds. The lowest BCUT2D eigenvalue weighted by atomic mass is 10.1. The molecule has 0 aliphatic heterocycles. The first kappa shape index (κ1) is 15.6. The zero-order valence-electron chi connectivity index (χ0n) is 11.8. The number of nitrogens with zero attached hydrogens (tertiary/aromatic N) is 1. The maximum absolute atomic E-state index is 11.4. The fourth-order valence-electron chi connectivity index (χ4n) is 2.28. The molecule has 1 aromatic heterocycles.